The number of nitrogens with one attached hydrogen (secondary N) is 2. The molecule has 140 valence electrons. The summed E-state index contributed by atoms with van der Waals surface area (Å²) < 4.78 is 26.7. The highest BCUT2D eigenvalue weighted by Gasteiger charge is 2.20. The summed E-state index contributed by atoms with van der Waals surface area (Å²) in [5.41, 5.74) is 0.257. The number of halogens is 2. The van der Waals surface area contributed by atoms with Gasteiger partial charge in [-0.3, -0.25) is 9.59 Å². The summed E-state index contributed by atoms with van der Waals surface area (Å²) in [5.74, 6) is 0.246. The molecule has 2 amide bonds. The van der Waals surface area contributed by atoms with Gasteiger partial charge in [0.25, 0.3) is 0 Å². The third kappa shape index (κ3) is 7.93. The molecule has 1 rings (SSSR count). The Morgan fingerprint density at radius 2 is 1.92 bits per heavy atom. The number of terminal acetylenes is 1. The molecule has 0 aliphatic rings. The highest BCUT2D eigenvalue weighted by atomic mass is 19.1. The van der Waals surface area contributed by atoms with Crippen molar-refractivity contribution in [2.24, 2.45) is 5.92 Å². The van der Waals surface area contributed by atoms with Crippen LogP contribution in [0.2, 0.25) is 0 Å². The number of carbonyl (C=O) groups is 2. The molecule has 0 heterocycles. The van der Waals surface area contributed by atoms with Crippen molar-refractivity contribution in [1.29, 1.82) is 0 Å². The van der Waals surface area contributed by atoms with Gasteiger partial charge >= 0.3 is 0 Å². The van der Waals surface area contributed by atoms with Crippen molar-refractivity contribution in [2.45, 2.75) is 39.2 Å². The van der Waals surface area contributed by atoms with Gasteiger partial charge in [-0.25, -0.2) is 8.78 Å². The molecule has 2 N–H and O–H groups in total. The largest absolute Gasteiger partial charge is 0.343 e. The van der Waals surface area contributed by atoms with E-state index in [4.69, 9.17) is 6.42 Å². The number of benzene rings is 1. The first-order chi connectivity index (χ1) is 12.3. The van der Waals surface area contributed by atoms with Gasteiger partial charge < -0.3 is 10.6 Å². The van der Waals surface area contributed by atoms with Crippen molar-refractivity contribution in [3.05, 3.63) is 47.5 Å². The molecule has 0 saturated carbocycles. The van der Waals surface area contributed by atoms with E-state index >= 15 is 0 Å². The van der Waals surface area contributed by atoms with E-state index in [0.29, 0.717) is 5.92 Å². The summed E-state index contributed by atoms with van der Waals surface area (Å²) >= 11 is 0. The fraction of sp³-hybridized carbons (Fsp3) is 0.400. The van der Waals surface area contributed by atoms with E-state index < -0.39 is 29.5 Å². The molecular weight excluding hydrogens is 338 g/mol. The van der Waals surface area contributed by atoms with Gasteiger partial charge in [0.2, 0.25) is 11.8 Å². The second kappa shape index (κ2) is 11.0. The second-order valence-corrected chi connectivity index (χ2v) is 6.12. The Hall–Kier alpha value is -2.68. The van der Waals surface area contributed by atoms with Gasteiger partial charge in [0.15, 0.2) is 0 Å². The minimum absolute atomic E-state index is 0.00737. The predicted octanol–water partition coefficient (Wildman–Crippen LogP) is 2.73. The Kier molecular flexibility index (Phi) is 9.07. The molecule has 0 radical (unpaired) electrons. The Morgan fingerprint density at radius 3 is 2.50 bits per heavy atom. The molecule has 0 bridgehead atoms. The Morgan fingerprint density at radius 1 is 1.27 bits per heavy atom. The molecule has 0 saturated heterocycles. The van der Waals surface area contributed by atoms with Gasteiger partial charge in [0.1, 0.15) is 17.7 Å². The Balaban J connectivity index is 2.82. The molecule has 2 atom stereocenters. The van der Waals surface area contributed by atoms with E-state index in [1.165, 1.54) is 6.08 Å². The summed E-state index contributed by atoms with van der Waals surface area (Å²) in [6.45, 7) is 4.12. The van der Waals surface area contributed by atoms with Gasteiger partial charge in [-0.15, -0.1) is 6.42 Å². The number of allylic oxidation sites excluding steroid dienone is 1. The maximum Gasteiger partial charge on any atom is 0.244 e. The molecule has 0 spiro atoms. The summed E-state index contributed by atoms with van der Waals surface area (Å²) in [4.78, 5) is 24.3. The SMILES string of the molecule is C#CCNC(=O)[C@H](Cc1cc(F)cc(F)c1)NC(=O)/C=C/CC(C)CC. The van der Waals surface area contributed by atoms with Crippen LogP contribution in [0.4, 0.5) is 8.78 Å². The number of hydrogen-bond donors (Lipinski definition) is 2. The van der Waals surface area contributed by atoms with Crippen LogP contribution in [0.1, 0.15) is 32.3 Å². The number of hydrogen-bond acceptors (Lipinski definition) is 2. The van der Waals surface area contributed by atoms with Crippen LogP contribution < -0.4 is 10.6 Å². The molecule has 0 aliphatic heterocycles. The minimum atomic E-state index is -0.995. The van der Waals surface area contributed by atoms with Gasteiger partial charge in [-0.2, -0.15) is 0 Å². The van der Waals surface area contributed by atoms with E-state index in [2.05, 4.69) is 30.4 Å². The van der Waals surface area contributed by atoms with Crippen LogP contribution >= 0.6 is 0 Å². The highest BCUT2D eigenvalue weighted by molar-refractivity contribution is 5.93. The molecule has 1 unspecified atom stereocenters. The van der Waals surface area contributed by atoms with E-state index in [0.717, 1.165) is 31.0 Å². The van der Waals surface area contributed by atoms with E-state index in [9.17, 15) is 18.4 Å². The zero-order valence-corrected chi connectivity index (χ0v) is 15.0. The summed E-state index contributed by atoms with van der Waals surface area (Å²) in [6, 6.07) is 1.99. The third-order valence-corrected chi connectivity index (χ3v) is 3.86. The number of carbonyl (C=O) groups excluding carboxylic acids is 2. The smallest absolute Gasteiger partial charge is 0.244 e. The van der Waals surface area contributed by atoms with Crippen LogP contribution in [0, 0.1) is 29.9 Å². The quantitative estimate of drug-likeness (QED) is 0.524. The fourth-order valence-electron chi connectivity index (χ4n) is 2.23. The average molecular weight is 362 g/mol. The van der Waals surface area contributed by atoms with Crippen LogP contribution in [0.15, 0.2) is 30.4 Å². The lowest BCUT2D eigenvalue weighted by Crippen LogP contribution is -2.47. The zero-order valence-electron chi connectivity index (χ0n) is 15.0. The maximum absolute atomic E-state index is 13.4. The first kappa shape index (κ1) is 21.4. The Labute approximate surface area is 153 Å². The molecular formula is C20H24F2N2O2. The van der Waals surface area contributed by atoms with Crippen LogP contribution in [0.5, 0.6) is 0 Å². The average Bonchev–Trinajstić information content (AvgIpc) is 2.57. The molecule has 1 aromatic rings. The molecule has 0 aromatic heterocycles. The highest BCUT2D eigenvalue weighted by Crippen LogP contribution is 2.11. The first-order valence-electron chi connectivity index (χ1n) is 8.48. The molecule has 6 heteroatoms. The van der Waals surface area contributed by atoms with Crippen LogP contribution in [-0.2, 0) is 16.0 Å². The molecule has 0 fully saturated rings. The number of rotatable bonds is 9. The van der Waals surface area contributed by atoms with Crippen molar-refractivity contribution in [1.82, 2.24) is 10.6 Å². The fourth-order valence-corrected chi connectivity index (χ4v) is 2.23. The molecule has 0 aliphatic carbocycles. The maximum atomic E-state index is 13.4. The van der Waals surface area contributed by atoms with E-state index in [1.54, 1.807) is 6.08 Å². The normalized spacial score (nSPS) is 13.0. The van der Waals surface area contributed by atoms with E-state index in [-0.39, 0.29) is 18.5 Å². The molecule has 4 nitrogen and oxygen atoms in total. The predicted molar refractivity (Wildman–Crippen MR) is 97.0 cm³/mol. The summed E-state index contributed by atoms with van der Waals surface area (Å²) in [6.07, 6.45) is 9.89. The topological polar surface area (TPSA) is 58.2 Å². The summed E-state index contributed by atoms with van der Waals surface area (Å²) in [7, 11) is 0. The zero-order chi connectivity index (χ0) is 19.5. The van der Waals surface area contributed by atoms with Crippen LogP contribution in [0.25, 0.3) is 0 Å². The van der Waals surface area contributed by atoms with Crippen molar-refractivity contribution in [3.8, 4) is 12.3 Å². The van der Waals surface area contributed by atoms with Crippen molar-refractivity contribution < 1.29 is 18.4 Å². The lowest BCUT2D eigenvalue weighted by molar-refractivity contribution is -0.126. The number of amides is 2. The standard InChI is InChI=1S/C20H24F2N2O2/c1-4-9-23-20(26)18(12-15-10-16(21)13-17(22)11-15)24-19(25)8-6-7-14(3)5-2/h1,6,8,10-11,13-14,18H,5,7,9,12H2,2-3H3,(H,23,26)(H,24,25)/b8-6+/t14?,18-/m0/s1. The molecule has 26 heavy (non-hydrogen) atoms. The summed E-state index contributed by atoms with van der Waals surface area (Å²) in [5, 5.41) is 5.02. The van der Waals surface area contributed by atoms with Gasteiger partial charge in [-0.05, 0) is 36.1 Å². The van der Waals surface area contributed by atoms with Crippen molar-refractivity contribution >= 4 is 11.8 Å². The lowest BCUT2D eigenvalue weighted by atomic mass is 10.0. The third-order valence-electron chi connectivity index (χ3n) is 3.86. The van der Waals surface area contributed by atoms with Gasteiger partial charge in [0, 0.05) is 12.5 Å². The first-order valence-corrected chi connectivity index (χ1v) is 8.48. The second-order valence-electron chi connectivity index (χ2n) is 6.12. The molecule has 1 aromatic carbocycles. The minimum Gasteiger partial charge on any atom is -0.343 e. The lowest BCUT2D eigenvalue weighted by Gasteiger charge is -2.17. The van der Waals surface area contributed by atoms with E-state index in [1.807, 2.05) is 0 Å². The Bertz CT molecular complexity index is 675. The van der Waals surface area contributed by atoms with Crippen molar-refractivity contribution in [2.75, 3.05) is 6.54 Å². The monoisotopic (exact) mass is 362 g/mol. The van der Waals surface area contributed by atoms with Crippen molar-refractivity contribution in [3.63, 3.8) is 0 Å². The van der Waals surface area contributed by atoms with Crippen LogP contribution in [-0.4, -0.2) is 24.4 Å². The van der Waals surface area contributed by atoms with Gasteiger partial charge in [-0.1, -0.05) is 32.3 Å². The van der Waals surface area contributed by atoms with Gasteiger partial charge in [0.05, 0.1) is 6.54 Å². The van der Waals surface area contributed by atoms with Crippen LogP contribution in [0.3, 0.4) is 0 Å².